The van der Waals surface area contributed by atoms with Crippen LogP contribution in [-0.2, 0) is 12.6 Å². The Morgan fingerprint density at radius 1 is 1.00 bits per heavy atom. The van der Waals surface area contributed by atoms with Crippen LogP contribution in [0.2, 0.25) is 0 Å². The summed E-state index contributed by atoms with van der Waals surface area (Å²) in [5, 5.41) is -0.374. The van der Waals surface area contributed by atoms with Gasteiger partial charge in [-0.05, 0) is 41.8 Å². The number of benzene rings is 2. The molecule has 2 aromatic rings. The molecule has 0 fully saturated rings. The van der Waals surface area contributed by atoms with E-state index in [1.54, 1.807) is 7.11 Å². The Morgan fingerprint density at radius 2 is 1.57 bits per heavy atom. The molecule has 0 aromatic heterocycles. The lowest BCUT2D eigenvalue weighted by Gasteiger charge is -2.12. The van der Waals surface area contributed by atoms with Gasteiger partial charge in [-0.25, -0.2) is 0 Å². The molecule has 0 spiro atoms. The molecule has 112 valence electrons. The zero-order valence-electron chi connectivity index (χ0n) is 11.3. The first-order chi connectivity index (χ1) is 9.90. The Morgan fingerprint density at radius 3 is 2.05 bits per heavy atom. The first-order valence-corrected chi connectivity index (χ1v) is 6.78. The van der Waals surface area contributed by atoms with E-state index in [2.05, 4.69) is 0 Å². The second kappa shape index (κ2) is 6.39. The van der Waals surface area contributed by atoms with Crippen LogP contribution in [0.25, 0.3) is 0 Å². The molecule has 1 atom stereocenters. The van der Waals surface area contributed by atoms with Crippen LogP contribution in [0.15, 0.2) is 48.5 Å². The predicted molar refractivity (Wildman–Crippen MR) is 76.7 cm³/mol. The van der Waals surface area contributed by atoms with Gasteiger partial charge in [0.05, 0.1) is 18.1 Å². The Balaban J connectivity index is 2.07. The number of halogens is 4. The second-order valence-electron chi connectivity index (χ2n) is 4.64. The summed E-state index contributed by atoms with van der Waals surface area (Å²) in [6.07, 6.45) is -3.78. The van der Waals surface area contributed by atoms with Gasteiger partial charge in [0.1, 0.15) is 5.75 Å². The lowest BCUT2D eigenvalue weighted by Crippen LogP contribution is -2.05. The van der Waals surface area contributed by atoms with Crippen LogP contribution in [0.4, 0.5) is 13.2 Å². The first-order valence-electron chi connectivity index (χ1n) is 6.34. The van der Waals surface area contributed by atoms with Gasteiger partial charge in [0, 0.05) is 0 Å². The molecule has 21 heavy (non-hydrogen) atoms. The van der Waals surface area contributed by atoms with Crippen molar-refractivity contribution in [1.29, 1.82) is 0 Å². The smallest absolute Gasteiger partial charge is 0.416 e. The van der Waals surface area contributed by atoms with Crippen molar-refractivity contribution >= 4 is 11.6 Å². The van der Waals surface area contributed by atoms with E-state index in [0.717, 1.165) is 23.4 Å². The molecule has 1 unspecified atom stereocenters. The van der Waals surface area contributed by atoms with Gasteiger partial charge in [0.2, 0.25) is 0 Å². The predicted octanol–water partition coefficient (Wildman–Crippen LogP) is 5.24. The zero-order chi connectivity index (χ0) is 15.5. The highest BCUT2D eigenvalue weighted by Gasteiger charge is 2.30. The van der Waals surface area contributed by atoms with Crippen molar-refractivity contribution in [3.8, 4) is 5.75 Å². The molecule has 0 heterocycles. The number of methoxy groups -OCH3 is 1. The zero-order valence-corrected chi connectivity index (χ0v) is 12.1. The van der Waals surface area contributed by atoms with Gasteiger partial charge in [-0.1, -0.05) is 24.3 Å². The quantitative estimate of drug-likeness (QED) is 0.702. The summed E-state index contributed by atoms with van der Waals surface area (Å²) in [7, 11) is 1.58. The van der Waals surface area contributed by atoms with E-state index in [9.17, 15) is 13.2 Å². The monoisotopic (exact) mass is 314 g/mol. The summed E-state index contributed by atoms with van der Waals surface area (Å²) >= 11 is 6.27. The highest BCUT2D eigenvalue weighted by molar-refractivity contribution is 6.20. The third-order valence-electron chi connectivity index (χ3n) is 3.17. The molecule has 0 saturated heterocycles. The van der Waals surface area contributed by atoms with Crippen molar-refractivity contribution in [2.75, 3.05) is 7.11 Å². The summed E-state index contributed by atoms with van der Waals surface area (Å²) < 4.78 is 42.5. The van der Waals surface area contributed by atoms with Crippen molar-refractivity contribution in [2.24, 2.45) is 0 Å². The van der Waals surface area contributed by atoms with Crippen molar-refractivity contribution in [1.82, 2.24) is 0 Å². The minimum absolute atomic E-state index is 0.374. The second-order valence-corrected chi connectivity index (χ2v) is 5.17. The fourth-order valence-electron chi connectivity index (χ4n) is 1.97. The molecule has 0 aliphatic carbocycles. The largest absolute Gasteiger partial charge is 0.497 e. The van der Waals surface area contributed by atoms with Gasteiger partial charge in [-0.2, -0.15) is 13.2 Å². The molecule has 0 amide bonds. The Hall–Kier alpha value is -1.68. The average molecular weight is 315 g/mol. The number of ether oxygens (including phenoxy) is 1. The lowest BCUT2D eigenvalue weighted by molar-refractivity contribution is -0.137. The standard InChI is InChI=1S/C16H14ClF3O/c1-21-14-8-2-11(3-9-14)10-15(17)12-4-6-13(7-5-12)16(18,19)20/h2-9,15H,10H2,1H3. The van der Waals surface area contributed by atoms with Crippen LogP contribution >= 0.6 is 11.6 Å². The van der Waals surface area contributed by atoms with Crippen LogP contribution < -0.4 is 4.74 Å². The van der Waals surface area contributed by atoms with Crippen LogP contribution in [0.5, 0.6) is 5.75 Å². The summed E-state index contributed by atoms with van der Waals surface area (Å²) in [5.74, 6) is 0.749. The van der Waals surface area contributed by atoms with Crippen LogP contribution in [-0.4, -0.2) is 7.11 Å². The normalized spacial score (nSPS) is 13.0. The van der Waals surface area contributed by atoms with Gasteiger partial charge in [-0.15, -0.1) is 11.6 Å². The highest BCUT2D eigenvalue weighted by Crippen LogP contribution is 2.32. The fourth-order valence-corrected chi connectivity index (χ4v) is 2.29. The molecule has 0 aliphatic heterocycles. The first kappa shape index (κ1) is 15.7. The van der Waals surface area contributed by atoms with Crippen molar-refractivity contribution in [3.63, 3.8) is 0 Å². The number of alkyl halides is 4. The summed E-state index contributed by atoms with van der Waals surface area (Å²) in [5.41, 5.74) is 0.996. The molecule has 0 aliphatic rings. The molecule has 2 rings (SSSR count). The number of hydrogen-bond acceptors (Lipinski definition) is 1. The molecule has 2 aromatic carbocycles. The minimum Gasteiger partial charge on any atom is -0.497 e. The van der Waals surface area contributed by atoms with Gasteiger partial charge in [-0.3, -0.25) is 0 Å². The van der Waals surface area contributed by atoms with E-state index >= 15 is 0 Å². The van der Waals surface area contributed by atoms with Gasteiger partial charge >= 0.3 is 6.18 Å². The van der Waals surface area contributed by atoms with E-state index in [4.69, 9.17) is 16.3 Å². The van der Waals surface area contributed by atoms with Gasteiger partial charge < -0.3 is 4.74 Å². The fraction of sp³-hybridized carbons (Fsp3) is 0.250. The molecule has 1 nitrogen and oxygen atoms in total. The summed E-state index contributed by atoms with van der Waals surface area (Å²) in [6, 6.07) is 12.4. The molecule has 0 N–H and O–H groups in total. The Labute approximate surface area is 126 Å². The maximum Gasteiger partial charge on any atom is 0.416 e. The highest BCUT2D eigenvalue weighted by atomic mass is 35.5. The van der Waals surface area contributed by atoms with Crippen molar-refractivity contribution in [3.05, 3.63) is 65.2 Å². The number of rotatable bonds is 4. The van der Waals surface area contributed by atoms with E-state index in [0.29, 0.717) is 12.0 Å². The van der Waals surface area contributed by atoms with Crippen molar-refractivity contribution in [2.45, 2.75) is 18.0 Å². The lowest BCUT2D eigenvalue weighted by atomic mass is 10.0. The summed E-state index contributed by atoms with van der Waals surface area (Å²) in [6.45, 7) is 0. The third-order valence-corrected chi connectivity index (χ3v) is 3.58. The maximum absolute atomic E-state index is 12.5. The summed E-state index contributed by atoms with van der Waals surface area (Å²) in [4.78, 5) is 0. The van der Waals surface area contributed by atoms with Crippen molar-refractivity contribution < 1.29 is 17.9 Å². The number of hydrogen-bond donors (Lipinski definition) is 0. The SMILES string of the molecule is COc1ccc(CC(Cl)c2ccc(C(F)(F)F)cc2)cc1. The third kappa shape index (κ3) is 4.14. The van der Waals surface area contributed by atoms with Crippen LogP contribution in [0, 0.1) is 0 Å². The maximum atomic E-state index is 12.5. The molecule has 5 heteroatoms. The van der Waals surface area contributed by atoms with E-state index in [1.807, 2.05) is 24.3 Å². The Bertz CT molecular complexity index is 576. The molecule has 0 saturated carbocycles. The van der Waals surface area contributed by atoms with E-state index in [1.165, 1.54) is 12.1 Å². The van der Waals surface area contributed by atoms with E-state index < -0.39 is 11.7 Å². The minimum atomic E-state index is -4.32. The molecule has 0 radical (unpaired) electrons. The average Bonchev–Trinajstić information content (AvgIpc) is 2.47. The molecule has 0 bridgehead atoms. The van der Waals surface area contributed by atoms with Crippen LogP contribution in [0.1, 0.15) is 22.1 Å². The van der Waals surface area contributed by atoms with Gasteiger partial charge in [0.25, 0.3) is 0 Å². The Kier molecular flexibility index (Phi) is 4.78. The topological polar surface area (TPSA) is 9.23 Å². The molecular formula is C16H14ClF3O. The van der Waals surface area contributed by atoms with Gasteiger partial charge in [0.15, 0.2) is 0 Å². The van der Waals surface area contributed by atoms with E-state index in [-0.39, 0.29) is 5.38 Å². The molecular weight excluding hydrogens is 301 g/mol. The van der Waals surface area contributed by atoms with Crippen LogP contribution in [0.3, 0.4) is 0 Å².